The van der Waals surface area contributed by atoms with Gasteiger partial charge in [-0.3, -0.25) is 0 Å². The van der Waals surface area contributed by atoms with Crippen molar-refractivity contribution in [3.05, 3.63) is 0 Å². The third-order valence-electron chi connectivity index (χ3n) is 5.05. The number of piperidine rings is 1. The van der Waals surface area contributed by atoms with Crippen LogP contribution < -0.4 is 5.73 Å². The van der Waals surface area contributed by atoms with E-state index in [0.717, 1.165) is 18.4 Å². The smallest absolute Gasteiger partial charge is 0.0784 e. The molecule has 2 fully saturated rings. The van der Waals surface area contributed by atoms with Crippen LogP contribution in [0.15, 0.2) is 0 Å². The van der Waals surface area contributed by atoms with Crippen LogP contribution in [-0.2, 0) is 0 Å². The van der Waals surface area contributed by atoms with E-state index in [1.807, 2.05) is 0 Å². The molecule has 0 radical (unpaired) electrons. The highest BCUT2D eigenvalue weighted by molar-refractivity contribution is 7.80. The third kappa shape index (κ3) is 3.24. The lowest BCUT2D eigenvalue weighted by Crippen LogP contribution is -2.48. The molecule has 1 aliphatic heterocycles. The highest BCUT2D eigenvalue weighted by Gasteiger charge is 2.34. The zero-order valence-corrected chi connectivity index (χ0v) is 12.8. The van der Waals surface area contributed by atoms with Gasteiger partial charge in [-0.2, -0.15) is 0 Å². The number of nitrogens with two attached hydrogens (primary N) is 1. The van der Waals surface area contributed by atoms with Crippen LogP contribution in [0, 0.1) is 11.3 Å². The second kappa shape index (κ2) is 5.87. The summed E-state index contributed by atoms with van der Waals surface area (Å²) in [5.41, 5.74) is 5.84. The Morgan fingerprint density at radius 1 is 1.22 bits per heavy atom. The van der Waals surface area contributed by atoms with Crippen LogP contribution in [0.1, 0.15) is 58.8 Å². The van der Waals surface area contributed by atoms with E-state index in [0.29, 0.717) is 4.99 Å². The van der Waals surface area contributed by atoms with Gasteiger partial charge in [0.1, 0.15) is 0 Å². The van der Waals surface area contributed by atoms with E-state index in [4.69, 9.17) is 18.0 Å². The minimum atomic E-state index is 0.0109. The highest BCUT2D eigenvalue weighted by Crippen LogP contribution is 2.36. The van der Waals surface area contributed by atoms with Crippen molar-refractivity contribution in [2.75, 3.05) is 13.1 Å². The van der Waals surface area contributed by atoms with Crippen LogP contribution in [-0.4, -0.2) is 29.0 Å². The molecule has 1 heterocycles. The first-order valence-electron chi connectivity index (χ1n) is 7.55. The average Bonchev–Trinajstić information content (AvgIpc) is 2.36. The number of hydrogen-bond acceptors (Lipinski definition) is 2. The lowest BCUT2D eigenvalue weighted by Gasteiger charge is -2.45. The predicted molar refractivity (Wildman–Crippen MR) is 81.7 cm³/mol. The fourth-order valence-corrected chi connectivity index (χ4v) is 3.65. The van der Waals surface area contributed by atoms with Gasteiger partial charge in [0.2, 0.25) is 0 Å². The molecule has 2 aliphatic rings. The van der Waals surface area contributed by atoms with E-state index >= 15 is 0 Å². The Hall–Kier alpha value is -0.150. The summed E-state index contributed by atoms with van der Waals surface area (Å²) in [6.45, 7) is 6.81. The molecule has 2 rings (SSSR count). The topological polar surface area (TPSA) is 29.3 Å². The number of likely N-dealkylation sites (tertiary alicyclic amines) is 1. The second-order valence-electron chi connectivity index (χ2n) is 6.79. The Morgan fingerprint density at radius 2 is 1.89 bits per heavy atom. The summed E-state index contributed by atoms with van der Waals surface area (Å²) in [4.78, 5) is 3.40. The second-order valence-corrected chi connectivity index (χ2v) is 7.23. The van der Waals surface area contributed by atoms with Gasteiger partial charge < -0.3 is 10.6 Å². The van der Waals surface area contributed by atoms with E-state index < -0.39 is 0 Å². The van der Waals surface area contributed by atoms with Gasteiger partial charge in [0.15, 0.2) is 0 Å². The van der Waals surface area contributed by atoms with Gasteiger partial charge in [0.05, 0.1) is 4.99 Å². The van der Waals surface area contributed by atoms with E-state index in [2.05, 4.69) is 18.7 Å². The van der Waals surface area contributed by atoms with Gasteiger partial charge in [-0.1, -0.05) is 38.9 Å². The van der Waals surface area contributed by atoms with Gasteiger partial charge in [-0.05, 0) is 51.1 Å². The summed E-state index contributed by atoms with van der Waals surface area (Å²) in [5, 5.41) is 0. The zero-order chi connectivity index (χ0) is 13.2. The Bertz CT molecular complexity index is 299. The molecule has 18 heavy (non-hydrogen) atoms. The molecular weight excluding hydrogens is 240 g/mol. The molecule has 2 nitrogen and oxygen atoms in total. The quantitative estimate of drug-likeness (QED) is 0.793. The summed E-state index contributed by atoms with van der Waals surface area (Å²) in [7, 11) is 0. The number of fused-ring (bicyclic) bond motifs is 1. The lowest BCUT2D eigenvalue weighted by molar-refractivity contribution is 0.0552. The molecule has 1 aliphatic carbocycles. The van der Waals surface area contributed by atoms with Crippen molar-refractivity contribution in [1.82, 2.24) is 4.90 Å². The van der Waals surface area contributed by atoms with Gasteiger partial charge >= 0.3 is 0 Å². The predicted octanol–water partition coefficient (Wildman–Crippen LogP) is 3.34. The molecule has 2 N–H and O–H groups in total. The largest absolute Gasteiger partial charge is 0.393 e. The average molecular weight is 268 g/mol. The Morgan fingerprint density at radius 3 is 2.61 bits per heavy atom. The number of hydrogen-bond donors (Lipinski definition) is 1. The maximum atomic E-state index is 5.83. The van der Waals surface area contributed by atoms with Crippen LogP contribution >= 0.6 is 12.2 Å². The molecule has 0 bridgehead atoms. The number of nitrogens with zero attached hydrogens (tertiary/aromatic N) is 1. The van der Waals surface area contributed by atoms with Crippen molar-refractivity contribution in [1.29, 1.82) is 0 Å². The van der Waals surface area contributed by atoms with Gasteiger partial charge in [0, 0.05) is 11.5 Å². The van der Waals surface area contributed by atoms with Gasteiger partial charge in [-0.25, -0.2) is 0 Å². The fraction of sp³-hybridized carbons (Fsp3) is 0.933. The van der Waals surface area contributed by atoms with Crippen molar-refractivity contribution in [3.63, 3.8) is 0 Å². The molecule has 0 spiro atoms. The van der Waals surface area contributed by atoms with Crippen molar-refractivity contribution in [2.45, 2.75) is 64.8 Å². The molecule has 3 heteroatoms. The summed E-state index contributed by atoms with van der Waals surface area (Å²) < 4.78 is 0. The first-order chi connectivity index (χ1) is 8.50. The van der Waals surface area contributed by atoms with Crippen molar-refractivity contribution in [2.24, 2.45) is 17.1 Å². The minimum absolute atomic E-state index is 0.0109. The summed E-state index contributed by atoms with van der Waals surface area (Å²) in [6, 6.07) is 0.856. The van der Waals surface area contributed by atoms with Crippen LogP contribution in [0.5, 0.6) is 0 Å². The Labute approximate surface area is 117 Å². The lowest BCUT2D eigenvalue weighted by atomic mass is 9.78. The Balaban J connectivity index is 1.90. The maximum absolute atomic E-state index is 5.83. The van der Waals surface area contributed by atoms with Crippen LogP contribution in [0.4, 0.5) is 0 Å². The summed E-state index contributed by atoms with van der Waals surface area (Å²) in [5.74, 6) is 0.973. The number of thiocarbonyl (C=S) groups is 1. The first kappa shape index (κ1) is 14.3. The van der Waals surface area contributed by atoms with E-state index in [1.54, 1.807) is 0 Å². The molecule has 0 amide bonds. The van der Waals surface area contributed by atoms with Gasteiger partial charge in [0.25, 0.3) is 0 Å². The molecule has 1 saturated carbocycles. The monoisotopic (exact) mass is 268 g/mol. The summed E-state index contributed by atoms with van der Waals surface area (Å²) >= 11 is 5.17. The van der Waals surface area contributed by atoms with Crippen LogP contribution in [0.25, 0.3) is 0 Å². The van der Waals surface area contributed by atoms with E-state index in [9.17, 15) is 0 Å². The molecule has 0 aromatic heterocycles. The molecule has 1 saturated heterocycles. The van der Waals surface area contributed by atoms with E-state index in [1.165, 1.54) is 51.6 Å². The van der Waals surface area contributed by atoms with Crippen molar-refractivity contribution in [3.8, 4) is 0 Å². The molecule has 104 valence electrons. The van der Waals surface area contributed by atoms with Crippen LogP contribution in [0.2, 0.25) is 0 Å². The minimum Gasteiger partial charge on any atom is -0.393 e. The first-order valence-corrected chi connectivity index (χ1v) is 7.95. The third-order valence-corrected chi connectivity index (χ3v) is 5.60. The summed E-state index contributed by atoms with van der Waals surface area (Å²) in [6.07, 6.45) is 9.70. The fourth-order valence-electron chi connectivity index (χ4n) is 3.55. The standard InChI is InChI=1S/C15H28N2S/c1-15(2,14(16)18)9-11-17-10-5-7-12-6-3-4-8-13(12)17/h12-13H,3-11H2,1-2H3,(H2,16,18). The highest BCUT2D eigenvalue weighted by atomic mass is 32.1. The van der Waals surface area contributed by atoms with Crippen LogP contribution in [0.3, 0.4) is 0 Å². The number of rotatable bonds is 4. The molecule has 0 aromatic carbocycles. The van der Waals surface area contributed by atoms with Gasteiger partial charge in [-0.15, -0.1) is 0 Å². The zero-order valence-electron chi connectivity index (χ0n) is 12.0. The Kier molecular flexibility index (Phi) is 4.65. The maximum Gasteiger partial charge on any atom is 0.0784 e. The molecule has 0 aromatic rings. The molecular formula is C15H28N2S. The van der Waals surface area contributed by atoms with Crippen molar-refractivity contribution >= 4 is 17.2 Å². The normalized spacial score (nSPS) is 29.9. The molecule has 2 atom stereocenters. The molecule has 2 unspecified atom stereocenters. The van der Waals surface area contributed by atoms with Crippen molar-refractivity contribution < 1.29 is 0 Å². The SMILES string of the molecule is CC(C)(CCN1CCCC2CCCCC21)C(N)=S. The van der Waals surface area contributed by atoms with E-state index in [-0.39, 0.29) is 5.41 Å².